The first-order valence-electron chi connectivity index (χ1n) is 6.14. The number of hydrogen-bond donors (Lipinski definition) is 1. The van der Waals surface area contributed by atoms with E-state index >= 15 is 0 Å². The van der Waals surface area contributed by atoms with Crippen LogP contribution in [0.1, 0.15) is 33.7 Å². The van der Waals surface area contributed by atoms with Gasteiger partial charge in [0.25, 0.3) is 11.8 Å². The van der Waals surface area contributed by atoms with Gasteiger partial charge in [0.05, 0.1) is 11.7 Å². The van der Waals surface area contributed by atoms with Crippen LogP contribution in [0.3, 0.4) is 0 Å². The maximum Gasteiger partial charge on any atom is 0.273 e. The number of nitrogens with one attached hydrogen (secondary N) is 1. The summed E-state index contributed by atoms with van der Waals surface area (Å²) in [5.41, 5.74) is 0.521. The zero-order valence-corrected chi connectivity index (χ0v) is 11.3. The molecule has 6 nitrogen and oxygen atoms in total. The van der Waals surface area contributed by atoms with Crippen molar-refractivity contribution in [3.63, 3.8) is 0 Å². The summed E-state index contributed by atoms with van der Waals surface area (Å²) >= 11 is 0. The molecule has 1 heterocycles. The quantitative estimate of drug-likeness (QED) is 0.867. The number of ether oxygens (including phenoxy) is 1. The van der Waals surface area contributed by atoms with Gasteiger partial charge in [-0.2, -0.15) is 0 Å². The van der Waals surface area contributed by atoms with Crippen LogP contribution in [-0.2, 0) is 0 Å². The van der Waals surface area contributed by atoms with Crippen LogP contribution >= 0.6 is 0 Å². The number of nitrogens with zero attached hydrogens (tertiary/aromatic N) is 2. The third kappa shape index (κ3) is 2.83. The minimum absolute atomic E-state index is 0.0846. The Labute approximate surface area is 111 Å². The average Bonchev–Trinajstić information content (AvgIpc) is 3.21. The topological polar surface area (TPSA) is 71.5 Å². The zero-order valence-electron chi connectivity index (χ0n) is 11.3. The molecule has 0 radical (unpaired) electrons. The van der Waals surface area contributed by atoms with Crippen LogP contribution in [-0.4, -0.2) is 48.9 Å². The molecular weight excluding hydrogens is 246 g/mol. The summed E-state index contributed by atoms with van der Waals surface area (Å²) in [5, 5.41) is 2.50. The predicted octanol–water partition coefficient (Wildman–Crippen LogP) is 0.684. The van der Waals surface area contributed by atoms with E-state index < -0.39 is 0 Å². The first kappa shape index (κ1) is 13.3. The molecule has 1 aromatic heterocycles. The van der Waals surface area contributed by atoms with E-state index in [1.807, 2.05) is 0 Å². The maximum absolute atomic E-state index is 12.1. The summed E-state index contributed by atoms with van der Waals surface area (Å²) in [4.78, 5) is 29.4. The van der Waals surface area contributed by atoms with Crippen molar-refractivity contribution in [3.05, 3.63) is 23.5 Å². The summed E-state index contributed by atoms with van der Waals surface area (Å²) in [6.07, 6.45) is 3.41. The molecule has 1 fully saturated rings. The van der Waals surface area contributed by atoms with Crippen molar-refractivity contribution in [3.8, 4) is 5.75 Å². The normalized spacial score (nSPS) is 13.8. The highest BCUT2D eigenvalue weighted by Gasteiger charge is 2.29. The van der Waals surface area contributed by atoms with Gasteiger partial charge < -0.3 is 15.0 Å². The Hall–Kier alpha value is -2.11. The van der Waals surface area contributed by atoms with Crippen LogP contribution in [0, 0.1) is 0 Å². The summed E-state index contributed by atoms with van der Waals surface area (Å²) in [6.45, 7) is 0. The molecule has 0 bridgehead atoms. The zero-order chi connectivity index (χ0) is 14.0. The van der Waals surface area contributed by atoms with E-state index in [1.165, 1.54) is 18.1 Å². The Morgan fingerprint density at radius 1 is 1.42 bits per heavy atom. The minimum Gasteiger partial charge on any atom is -0.487 e. The van der Waals surface area contributed by atoms with E-state index in [-0.39, 0.29) is 29.4 Å². The lowest BCUT2D eigenvalue weighted by Crippen LogP contribution is -2.26. The van der Waals surface area contributed by atoms with Crippen LogP contribution in [0.5, 0.6) is 5.75 Å². The molecule has 0 atom stereocenters. The van der Waals surface area contributed by atoms with Gasteiger partial charge in [-0.05, 0) is 18.9 Å². The Bertz CT molecular complexity index is 510. The lowest BCUT2D eigenvalue weighted by atomic mass is 10.1. The van der Waals surface area contributed by atoms with Crippen molar-refractivity contribution in [1.82, 2.24) is 15.2 Å². The molecule has 1 N–H and O–H groups in total. The lowest BCUT2D eigenvalue weighted by Gasteiger charge is -2.16. The smallest absolute Gasteiger partial charge is 0.273 e. The number of hydrogen-bond acceptors (Lipinski definition) is 4. The summed E-state index contributed by atoms with van der Waals surface area (Å²) in [7, 11) is 4.83. The fourth-order valence-corrected chi connectivity index (χ4v) is 1.61. The van der Waals surface area contributed by atoms with Crippen molar-refractivity contribution < 1.29 is 14.3 Å². The van der Waals surface area contributed by atoms with Crippen molar-refractivity contribution >= 4 is 11.8 Å². The van der Waals surface area contributed by atoms with Crippen molar-refractivity contribution in [2.75, 3.05) is 21.1 Å². The second kappa shape index (κ2) is 5.26. The third-order valence-corrected chi connectivity index (χ3v) is 2.79. The molecule has 0 aliphatic heterocycles. The fraction of sp³-hybridized carbons (Fsp3) is 0.462. The van der Waals surface area contributed by atoms with Crippen LogP contribution in [0.2, 0.25) is 0 Å². The molecule has 0 saturated heterocycles. The summed E-state index contributed by atoms with van der Waals surface area (Å²) < 4.78 is 5.71. The number of aromatic nitrogens is 1. The Morgan fingerprint density at radius 3 is 2.63 bits per heavy atom. The molecule has 6 heteroatoms. The molecule has 1 aromatic rings. The molecule has 2 rings (SSSR count). The van der Waals surface area contributed by atoms with E-state index in [4.69, 9.17) is 4.74 Å². The van der Waals surface area contributed by atoms with E-state index in [0.29, 0.717) is 5.56 Å². The van der Waals surface area contributed by atoms with Gasteiger partial charge in [0, 0.05) is 27.3 Å². The maximum atomic E-state index is 12.1. The molecule has 1 aliphatic rings. The van der Waals surface area contributed by atoms with Gasteiger partial charge in [-0.1, -0.05) is 0 Å². The largest absolute Gasteiger partial charge is 0.487 e. The molecule has 1 saturated carbocycles. The van der Waals surface area contributed by atoms with E-state index in [2.05, 4.69) is 10.3 Å². The van der Waals surface area contributed by atoms with Crippen molar-refractivity contribution in [2.45, 2.75) is 18.9 Å². The fourth-order valence-electron chi connectivity index (χ4n) is 1.61. The Kier molecular flexibility index (Phi) is 3.69. The third-order valence-electron chi connectivity index (χ3n) is 2.79. The molecular formula is C13H17N3O3. The van der Waals surface area contributed by atoms with Gasteiger partial charge in [0.2, 0.25) is 0 Å². The highest BCUT2D eigenvalue weighted by Crippen LogP contribution is 2.31. The van der Waals surface area contributed by atoms with E-state index in [9.17, 15) is 9.59 Å². The SMILES string of the molecule is CNC(=O)c1nccc(C(=O)N(C)C)c1OC1CC1. The minimum atomic E-state index is -0.357. The molecule has 2 amide bonds. The predicted molar refractivity (Wildman–Crippen MR) is 69.3 cm³/mol. The monoisotopic (exact) mass is 263 g/mol. The molecule has 1 aliphatic carbocycles. The lowest BCUT2D eigenvalue weighted by molar-refractivity contribution is 0.0822. The Balaban J connectivity index is 2.45. The van der Waals surface area contributed by atoms with Gasteiger partial charge in [-0.25, -0.2) is 4.98 Å². The van der Waals surface area contributed by atoms with Gasteiger partial charge in [0.15, 0.2) is 11.4 Å². The van der Waals surface area contributed by atoms with E-state index in [0.717, 1.165) is 12.8 Å². The number of amides is 2. The summed E-state index contributed by atoms with van der Waals surface area (Å²) in [6, 6.07) is 1.58. The van der Waals surface area contributed by atoms with Crippen molar-refractivity contribution in [2.24, 2.45) is 0 Å². The first-order chi connectivity index (χ1) is 9.04. The molecule has 102 valence electrons. The molecule has 0 aromatic carbocycles. The average molecular weight is 263 g/mol. The number of rotatable bonds is 4. The van der Waals surface area contributed by atoms with Gasteiger partial charge in [-0.3, -0.25) is 9.59 Å². The standard InChI is InChI=1S/C13H17N3O3/c1-14-12(17)10-11(19-8-4-5-8)9(6-7-15-10)13(18)16(2)3/h6-8H,4-5H2,1-3H3,(H,14,17). The number of carbonyl (C=O) groups excluding carboxylic acids is 2. The number of carbonyl (C=O) groups is 2. The van der Waals surface area contributed by atoms with Crippen molar-refractivity contribution in [1.29, 1.82) is 0 Å². The molecule has 19 heavy (non-hydrogen) atoms. The second-order valence-corrected chi connectivity index (χ2v) is 4.63. The molecule has 0 unspecified atom stereocenters. The highest BCUT2D eigenvalue weighted by atomic mass is 16.5. The van der Waals surface area contributed by atoms with Gasteiger partial charge in [-0.15, -0.1) is 0 Å². The number of pyridine rings is 1. The summed E-state index contributed by atoms with van der Waals surface area (Å²) in [5.74, 6) is -0.282. The van der Waals surface area contributed by atoms with Crippen LogP contribution in [0.25, 0.3) is 0 Å². The highest BCUT2D eigenvalue weighted by molar-refractivity contribution is 6.02. The molecule has 0 spiro atoms. The van der Waals surface area contributed by atoms with Crippen LogP contribution in [0.4, 0.5) is 0 Å². The van der Waals surface area contributed by atoms with Gasteiger partial charge >= 0.3 is 0 Å². The Morgan fingerprint density at radius 2 is 2.11 bits per heavy atom. The van der Waals surface area contributed by atoms with Gasteiger partial charge in [0.1, 0.15) is 0 Å². The second-order valence-electron chi connectivity index (χ2n) is 4.63. The van der Waals surface area contributed by atoms with Crippen LogP contribution < -0.4 is 10.1 Å². The van der Waals surface area contributed by atoms with E-state index in [1.54, 1.807) is 20.2 Å². The first-order valence-corrected chi connectivity index (χ1v) is 6.14. The van der Waals surface area contributed by atoms with Crippen LogP contribution in [0.15, 0.2) is 12.3 Å².